The quantitative estimate of drug-likeness (QED) is 0.623. The molecule has 1 amide bonds. The average Bonchev–Trinajstić information content (AvgIpc) is 1.84. The summed E-state index contributed by atoms with van der Waals surface area (Å²) < 4.78 is 0. The van der Waals surface area contributed by atoms with Crippen LogP contribution in [0.15, 0.2) is 0 Å². The third-order valence-electron chi connectivity index (χ3n) is 2.28. The Bertz CT molecular complexity index is 152. The van der Waals surface area contributed by atoms with Crippen molar-refractivity contribution in [2.24, 2.45) is 5.92 Å². The second-order valence-electron chi connectivity index (χ2n) is 3.39. The van der Waals surface area contributed by atoms with Crippen LogP contribution in [0.25, 0.3) is 0 Å². The van der Waals surface area contributed by atoms with Gasteiger partial charge >= 0.3 is 0 Å². The predicted octanol–water partition coefficient (Wildman–Crippen LogP) is 0.236. The van der Waals surface area contributed by atoms with Gasteiger partial charge in [0, 0.05) is 20.5 Å². The van der Waals surface area contributed by atoms with E-state index in [1.54, 1.807) is 18.9 Å². The van der Waals surface area contributed by atoms with Gasteiger partial charge in [0.1, 0.15) is 0 Å². The van der Waals surface area contributed by atoms with E-state index in [1.165, 1.54) is 0 Å². The largest absolute Gasteiger partial charge is 0.393 e. The van der Waals surface area contributed by atoms with Gasteiger partial charge in [-0.15, -0.1) is 0 Å². The molecule has 1 rings (SSSR count). The summed E-state index contributed by atoms with van der Waals surface area (Å²) in [7, 11) is 1.80. The summed E-state index contributed by atoms with van der Waals surface area (Å²) >= 11 is 0. The molecule has 0 heterocycles. The first-order chi connectivity index (χ1) is 5.09. The number of aliphatic hydroxyl groups excluding tert-OH is 1. The molecule has 0 aromatic rings. The Hall–Kier alpha value is -0.570. The van der Waals surface area contributed by atoms with Crippen LogP contribution in [0.3, 0.4) is 0 Å². The van der Waals surface area contributed by atoms with Crippen LogP contribution >= 0.6 is 0 Å². The first-order valence-electron chi connectivity index (χ1n) is 3.99. The monoisotopic (exact) mass is 157 g/mol. The zero-order chi connectivity index (χ0) is 8.43. The number of hydrogen-bond donors (Lipinski definition) is 1. The van der Waals surface area contributed by atoms with Crippen molar-refractivity contribution in [1.82, 2.24) is 4.90 Å². The number of nitrogens with zero attached hydrogens (tertiary/aromatic N) is 1. The minimum absolute atomic E-state index is 0.103. The molecule has 1 aliphatic carbocycles. The van der Waals surface area contributed by atoms with Crippen LogP contribution in [-0.2, 0) is 4.79 Å². The smallest absolute Gasteiger partial charge is 0.219 e. The number of aliphatic hydroxyl groups is 1. The fourth-order valence-electron chi connectivity index (χ4n) is 1.37. The van der Waals surface area contributed by atoms with Crippen LogP contribution in [0.4, 0.5) is 0 Å². The first kappa shape index (κ1) is 8.53. The maximum Gasteiger partial charge on any atom is 0.219 e. The van der Waals surface area contributed by atoms with Crippen molar-refractivity contribution < 1.29 is 9.90 Å². The van der Waals surface area contributed by atoms with E-state index in [4.69, 9.17) is 5.11 Å². The molecule has 1 saturated carbocycles. The van der Waals surface area contributed by atoms with E-state index in [-0.39, 0.29) is 12.0 Å². The SMILES string of the molecule is CC(=O)N(C)CC1CC(O)C1. The summed E-state index contributed by atoms with van der Waals surface area (Å²) in [6, 6.07) is 0. The first-order valence-corrected chi connectivity index (χ1v) is 3.99. The van der Waals surface area contributed by atoms with Crippen LogP contribution in [0.1, 0.15) is 19.8 Å². The summed E-state index contributed by atoms with van der Waals surface area (Å²) in [6.07, 6.45) is 1.61. The van der Waals surface area contributed by atoms with E-state index in [9.17, 15) is 4.79 Å². The molecular formula is C8H15NO2. The molecule has 0 radical (unpaired) electrons. The zero-order valence-corrected chi connectivity index (χ0v) is 7.08. The number of carbonyl (C=O) groups is 1. The Kier molecular flexibility index (Phi) is 2.49. The molecule has 1 fully saturated rings. The fraction of sp³-hybridized carbons (Fsp3) is 0.875. The molecule has 1 N–H and O–H groups in total. The fourth-order valence-corrected chi connectivity index (χ4v) is 1.37. The van der Waals surface area contributed by atoms with Gasteiger partial charge in [-0.1, -0.05) is 0 Å². The highest BCUT2D eigenvalue weighted by atomic mass is 16.3. The predicted molar refractivity (Wildman–Crippen MR) is 42.0 cm³/mol. The molecule has 0 aliphatic heterocycles. The molecule has 64 valence electrons. The van der Waals surface area contributed by atoms with Gasteiger partial charge < -0.3 is 10.0 Å². The number of hydrogen-bond acceptors (Lipinski definition) is 2. The zero-order valence-electron chi connectivity index (χ0n) is 7.08. The summed E-state index contributed by atoms with van der Waals surface area (Å²) in [5, 5.41) is 8.97. The van der Waals surface area contributed by atoms with Crippen molar-refractivity contribution in [2.45, 2.75) is 25.9 Å². The van der Waals surface area contributed by atoms with Gasteiger partial charge in [0.2, 0.25) is 5.91 Å². The van der Waals surface area contributed by atoms with E-state index in [1.807, 2.05) is 0 Å². The molecule has 11 heavy (non-hydrogen) atoms. The van der Waals surface area contributed by atoms with Crippen molar-refractivity contribution in [3.63, 3.8) is 0 Å². The van der Waals surface area contributed by atoms with Gasteiger partial charge in [-0.05, 0) is 18.8 Å². The Morgan fingerprint density at radius 1 is 1.64 bits per heavy atom. The third kappa shape index (κ3) is 2.19. The Labute approximate surface area is 67.0 Å². The van der Waals surface area contributed by atoms with Crippen molar-refractivity contribution in [1.29, 1.82) is 0 Å². The number of rotatable bonds is 2. The van der Waals surface area contributed by atoms with Crippen LogP contribution in [0.5, 0.6) is 0 Å². The highest BCUT2D eigenvalue weighted by Crippen LogP contribution is 2.27. The molecule has 0 atom stereocenters. The van der Waals surface area contributed by atoms with Crippen molar-refractivity contribution >= 4 is 5.91 Å². The normalized spacial score (nSPS) is 29.4. The second-order valence-corrected chi connectivity index (χ2v) is 3.39. The van der Waals surface area contributed by atoms with Crippen LogP contribution in [0.2, 0.25) is 0 Å². The minimum Gasteiger partial charge on any atom is -0.393 e. The second kappa shape index (κ2) is 3.22. The molecule has 3 heteroatoms. The van der Waals surface area contributed by atoms with Crippen LogP contribution < -0.4 is 0 Å². The molecule has 0 aromatic carbocycles. The summed E-state index contributed by atoms with van der Waals surface area (Å²) in [5.74, 6) is 0.630. The van der Waals surface area contributed by atoms with Crippen LogP contribution in [-0.4, -0.2) is 35.6 Å². The third-order valence-corrected chi connectivity index (χ3v) is 2.28. The lowest BCUT2D eigenvalue weighted by Gasteiger charge is -2.34. The maximum absolute atomic E-state index is 10.8. The minimum atomic E-state index is -0.111. The van der Waals surface area contributed by atoms with E-state index >= 15 is 0 Å². The molecule has 0 spiro atoms. The molecule has 0 saturated heterocycles. The number of amides is 1. The molecule has 1 aliphatic rings. The van der Waals surface area contributed by atoms with E-state index < -0.39 is 0 Å². The van der Waals surface area contributed by atoms with Crippen molar-refractivity contribution in [2.75, 3.05) is 13.6 Å². The topological polar surface area (TPSA) is 40.5 Å². The number of carbonyl (C=O) groups excluding carboxylic acids is 1. The molecular weight excluding hydrogens is 142 g/mol. The van der Waals surface area contributed by atoms with Crippen molar-refractivity contribution in [3.05, 3.63) is 0 Å². The molecule has 0 unspecified atom stereocenters. The Morgan fingerprint density at radius 2 is 2.18 bits per heavy atom. The highest BCUT2D eigenvalue weighted by molar-refractivity contribution is 5.72. The lowest BCUT2D eigenvalue weighted by molar-refractivity contribution is -0.129. The standard InChI is InChI=1S/C8H15NO2/c1-6(10)9(2)5-7-3-8(11)4-7/h7-8,11H,3-5H2,1-2H3. The van der Waals surface area contributed by atoms with Gasteiger partial charge in [0.25, 0.3) is 0 Å². The molecule has 0 aromatic heterocycles. The lowest BCUT2D eigenvalue weighted by atomic mass is 9.82. The average molecular weight is 157 g/mol. The van der Waals surface area contributed by atoms with Gasteiger partial charge in [0.15, 0.2) is 0 Å². The van der Waals surface area contributed by atoms with E-state index in [2.05, 4.69) is 0 Å². The van der Waals surface area contributed by atoms with E-state index in [0.29, 0.717) is 5.92 Å². The lowest BCUT2D eigenvalue weighted by Crippen LogP contribution is -2.38. The van der Waals surface area contributed by atoms with Gasteiger partial charge in [-0.25, -0.2) is 0 Å². The molecule has 0 bridgehead atoms. The van der Waals surface area contributed by atoms with Gasteiger partial charge in [-0.3, -0.25) is 4.79 Å². The van der Waals surface area contributed by atoms with E-state index in [0.717, 1.165) is 19.4 Å². The van der Waals surface area contributed by atoms with Crippen LogP contribution in [0, 0.1) is 5.92 Å². The highest BCUT2D eigenvalue weighted by Gasteiger charge is 2.28. The summed E-state index contributed by atoms with van der Waals surface area (Å²) in [4.78, 5) is 12.5. The van der Waals surface area contributed by atoms with Crippen molar-refractivity contribution in [3.8, 4) is 0 Å². The van der Waals surface area contributed by atoms with Gasteiger partial charge in [-0.2, -0.15) is 0 Å². The Balaban J connectivity index is 2.16. The van der Waals surface area contributed by atoms with Gasteiger partial charge in [0.05, 0.1) is 6.10 Å². The summed E-state index contributed by atoms with van der Waals surface area (Å²) in [5.41, 5.74) is 0. The maximum atomic E-state index is 10.8. The Morgan fingerprint density at radius 3 is 2.55 bits per heavy atom. The molecule has 3 nitrogen and oxygen atoms in total. The summed E-state index contributed by atoms with van der Waals surface area (Å²) in [6.45, 7) is 2.36.